The normalized spacial score (nSPS) is 18.7. The minimum Gasteiger partial charge on any atom is -0.326 e. The first-order valence-corrected chi connectivity index (χ1v) is 6.97. The van der Waals surface area contributed by atoms with Crippen LogP contribution in [-0.2, 0) is 6.54 Å². The van der Waals surface area contributed by atoms with Crippen LogP contribution in [0.4, 0.5) is 0 Å². The third-order valence-corrected chi connectivity index (χ3v) is 3.94. The molecule has 3 N–H and O–H groups in total. The number of nitrogens with two attached hydrogens (primary N) is 1. The molecule has 1 heterocycles. The molecule has 2 aromatic rings. The number of hydrogen-bond acceptors (Lipinski definition) is 2. The molecule has 1 atom stereocenters. The molecule has 0 radical (unpaired) electrons. The molecule has 0 spiro atoms. The third kappa shape index (κ3) is 2.70. The zero-order chi connectivity index (χ0) is 13.1. The van der Waals surface area contributed by atoms with Crippen molar-refractivity contribution in [3.63, 3.8) is 0 Å². The Morgan fingerprint density at radius 3 is 2.58 bits per heavy atom. The lowest BCUT2D eigenvalue weighted by atomic mass is 9.94. The molecule has 2 aromatic carbocycles. The molecule has 1 aliphatic rings. The molecule has 0 saturated carbocycles. The summed E-state index contributed by atoms with van der Waals surface area (Å²) in [5.41, 5.74) is 10.8. The van der Waals surface area contributed by atoms with E-state index in [1.165, 1.54) is 28.7 Å². The van der Waals surface area contributed by atoms with Crippen LogP contribution in [0.15, 0.2) is 48.5 Å². The van der Waals surface area contributed by atoms with Gasteiger partial charge in [-0.25, -0.2) is 0 Å². The molecule has 2 nitrogen and oxygen atoms in total. The van der Waals surface area contributed by atoms with Crippen LogP contribution in [0, 0.1) is 0 Å². The first kappa shape index (κ1) is 12.4. The van der Waals surface area contributed by atoms with Crippen molar-refractivity contribution in [1.82, 2.24) is 5.32 Å². The van der Waals surface area contributed by atoms with Gasteiger partial charge < -0.3 is 11.1 Å². The van der Waals surface area contributed by atoms with Gasteiger partial charge in [-0.1, -0.05) is 48.5 Å². The molecule has 0 bridgehead atoms. The van der Waals surface area contributed by atoms with E-state index >= 15 is 0 Å². The maximum Gasteiger partial charge on any atom is 0.0178 e. The number of rotatable bonds is 3. The molecule has 3 rings (SSSR count). The zero-order valence-corrected chi connectivity index (χ0v) is 11.1. The highest BCUT2D eigenvalue weighted by Crippen LogP contribution is 2.27. The average molecular weight is 252 g/mol. The lowest BCUT2D eigenvalue weighted by Gasteiger charge is -2.11. The summed E-state index contributed by atoms with van der Waals surface area (Å²) in [5, 5.41) is 3.43. The monoisotopic (exact) mass is 252 g/mol. The van der Waals surface area contributed by atoms with Crippen LogP contribution in [0.25, 0.3) is 11.1 Å². The Labute approximate surface area is 114 Å². The van der Waals surface area contributed by atoms with E-state index in [1.807, 2.05) is 0 Å². The van der Waals surface area contributed by atoms with Crippen LogP contribution in [-0.4, -0.2) is 13.1 Å². The molecule has 98 valence electrons. The van der Waals surface area contributed by atoms with Gasteiger partial charge in [0.15, 0.2) is 0 Å². The minimum atomic E-state index is 0.605. The topological polar surface area (TPSA) is 38.0 Å². The lowest BCUT2D eigenvalue weighted by molar-refractivity contribution is 0.764. The van der Waals surface area contributed by atoms with Gasteiger partial charge in [0.05, 0.1) is 0 Å². The van der Waals surface area contributed by atoms with Crippen molar-refractivity contribution in [3.8, 4) is 11.1 Å². The van der Waals surface area contributed by atoms with Crippen LogP contribution in [0.3, 0.4) is 0 Å². The van der Waals surface area contributed by atoms with Gasteiger partial charge in [-0.2, -0.15) is 0 Å². The van der Waals surface area contributed by atoms with Crippen molar-refractivity contribution >= 4 is 0 Å². The van der Waals surface area contributed by atoms with Gasteiger partial charge in [-0.15, -0.1) is 0 Å². The van der Waals surface area contributed by atoms with Gasteiger partial charge in [-0.05, 0) is 41.1 Å². The summed E-state index contributed by atoms with van der Waals surface area (Å²) in [6.07, 6.45) is 1.25. The molecule has 19 heavy (non-hydrogen) atoms. The summed E-state index contributed by atoms with van der Waals surface area (Å²) in [7, 11) is 0. The molecular weight excluding hydrogens is 232 g/mol. The molecule has 2 heteroatoms. The van der Waals surface area contributed by atoms with Crippen molar-refractivity contribution in [2.75, 3.05) is 13.1 Å². The highest BCUT2D eigenvalue weighted by atomic mass is 14.9. The summed E-state index contributed by atoms with van der Waals surface area (Å²) in [5.74, 6) is 0.670. The van der Waals surface area contributed by atoms with Gasteiger partial charge in [0, 0.05) is 13.1 Å². The predicted molar refractivity (Wildman–Crippen MR) is 80.0 cm³/mol. The fourth-order valence-electron chi connectivity index (χ4n) is 2.74. The van der Waals surface area contributed by atoms with E-state index in [1.54, 1.807) is 0 Å². The Morgan fingerprint density at radius 1 is 1.05 bits per heavy atom. The second kappa shape index (κ2) is 5.55. The Hall–Kier alpha value is -1.64. The van der Waals surface area contributed by atoms with Gasteiger partial charge in [0.2, 0.25) is 0 Å². The Kier molecular flexibility index (Phi) is 3.62. The summed E-state index contributed by atoms with van der Waals surface area (Å²) < 4.78 is 0. The van der Waals surface area contributed by atoms with Gasteiger partial charge >= 0.3 is 0 Å². The van der Waals surface area contributed by atoms with Gasteiger partial charge in [0.25, 0.3) is 0 Å². The van der Waals surface area contributed by atoms with Crippen molar-refractivity contribution < 1.29 is 0 Å². The number of benzene rings is 2. The number of nitrogens with one attached hydrogen (secondary N) is 1. The Bertz CT molecular complexity index is 539. The second-order valence-electron chi connectivity index (χ2n) is 5.22. The van der Waals surface area contributed by atoms with Crippen LogP contribution < -0.4 is 11.1 Å². The van der Waals surface area contributed by atoms with E-state index in [2.05, 4.69) is 53.8 Å². The quantitative estimate of drug-likeness (QED) is 0.881. The first-order chi connectivity index (χ1) is 9.36. The Morgan fingerprint density at radius 2 is 1.89 bits per heavy atom. The second-order valence-corrected chi connectivity index (χ2v) is 5.22. The molecule has 0 aromatic heterocycles. The summed E-state index contributed by atoms with van der Waals surface area (Å²) in [6, 6.07) is 17.5. The van der Waals surface area contributed by atoms with Crippen molar-refractivity contribution in [3.05, 3.63) is 59.7 Å². The van der Waals surface area contributed by atoms with Crippen molar-refractivity contribution in [1.29, 1.82) is 0 Å². The number of hydrogen-bond donors (Lipinski definition) is 2. The first-order valence-electron chi connectivity index (χ1n) is 6.97. The molecule has 1 aliphatic heterocycles. The fourth-order valence-corrected chi connectivity index (χ4v) is 2.74. The predicted octanol–water partition coefficient (Wildman–Crippen LogP) is 2.89. The smallest absolute Gasteiger partial charge is 0.0178 e. The average Bonchev–Trinajstić information content (AvgIpc) is 3.02. The summed E-state index contributed by atoms with van der Waals surface area (Å²) in [6.45, 7) is 2.85. The summed E-state index contributed by atoms with van der Waals surface area (Å²) >= 11 is 0. The van der Waals surface area contributed by atoms with Crippen molar-refractivity contribution in [2.24, 2.45) is 5.73 Å². The third-order valence-electron chi connectivity index (χ3n) is 3.94. The Balaban J connectivity index is 1.89. The summed E-state index contributed by atoms with van der Waals surface area (Å²) in [4.78, 5) is 0. The molecule has 1 fully saturated rings. The maximum absolute atomic E-state index is 5.64. The van der Waals surface area contributed by atoms with Gasteiger partial charge in [-0.3, -0.25) is 0 Å². The zero-order valence-electron chi connectivity index (χ0n) is 11.1. The molecule has 1 unspecified atom stereocenters. The molecule has 0 amide bonds. The standard InChI is InChI=1S/C17H20N2/c18-11-13-4-6-14(7-5-13)15-2-1-3-16(10-15)17-8-9-19-12-17/h1-7,10,17,19H,8-9,11-12,18H2. The van der Waals surface area contributed by atoms with E-state index in [0.29, 0.717) is 12.5 Å². The van der Waals surface area contributed by atoms with E-state index in [0.717, 1.165) is 13.1 Å². The minimum absolute atomic E-state index is 0.605. The van der Waals surface area contributed by atoms with Crippen LogP contribution in [0.1, 0.15) is 23.5 Å². The van der Waals surface area contributed by atoms with Crippen LogP contribution in [0.2, 0.25) is 0 Å². The van der Waals surface area contributed by atoms with E-state index in [4.69, 9.17) is 5.73 Å². The fraction of sp³-hybridized carbons (Fsp3) is 0.294. The molecule has 0 aliphatic carbocycles. The largest absolute Gasteiger partial charge is 0.326 e. The highest BCUT2D eigenvalue weighted by Gasteiger charge is 2.16. The van der Waals surface area contributed by atoms with E-state index in [9.17, 15) is 0 Å². The van der Waals surface area contributed by atoms with Crippen LogP contribution >= 0.6 is 0 Å². The maximum atomic E-state index is 5.64. The van der Waals surface area contributed by atoms with Gasteiger partial charge in [0.1, 0.15) is 0 Å². The molecular formula is C17H20N2. The van der Waals surface area contributed by atoms with E-state index < -0.39 is 0 Å². The lowest BCUT2D eigenvalue weighted by Crippen LogP contribution is -2.07. The van der Waals surface area contributed by atoms with Crippen molar-refractivity contribution in [2.45, 2.75) is 18.9 Å². The SMILES string of the molecule is NCc1ccc(-c2cccc(C3CCNC3)c2)cc1. The molecule has 1 saturated heterocycles. The highest BCUT2D eigenvalue weighted by molar-refractivity contribution is 5.64. The van der Waals surface area contributed by atoms with E-state index in [-0.39, 0.29) is 0 Å². The van der Waals surface area contributed by atoms with Crippen LogP contribution in [0.5, 0.6) is 0 Å².